The van der Waals surface area contributed by atoms with E-state index < -0.39 is 0 Å². The Morgan fingerprint density at radius 2 is 2.10 bits per heavy atom. The zero-order valence-electron chi connectivity index (χ0n) is 11.2. The van der Waals surface area contributed by atoms with Gasteiger partial charge >= 0.3 is 0 Å². The lowest BCUT2D eigenvalue weighted by Crippen LogP contribution is -2.13. The first-order valence-corrected chi connectivity index (χ1v) is 6.84. The molecule has 0 aliphatic carbocycles. The highest BCUT2D eigenvalue weighted by molar-refractivity contribution is 6.33. The molecule has 0 spiro atoms. The maximum atomic E-state index is 12.2. The lowest BCUT2D eigenvalue weighted by molar-refractivity contribution is 0.102. The average Bonchev–Trinajstić information content (AvgIpc) is 2.48. The number of hydrogen-bond donors (Lipinski definition) is 2. The number of amides is 1. The molecule has 0 atom stereocenters. The number of rotatable bonds is 5. The highest BCUT2D eigenvalue weighted by atomic mass is 35.5. The van der Waals surface area contributed by atoms with Crippen LogP contribution in [0.4, 0.5) is 11.5 Å². The first-order chi connectivity index (χ1) is 9.70. The Bertz CT molecular complexity index is 601. The third-order valence-electron chi connectivity index (χ3n) is 2.70. The number of halogens is 1. The van der Waals surface area contributed by atoms with Crippen molar-refractivity contribution in [3.63, 3.8) is 0 Å². The predicted molar refractivity (Wildman–Crippen MR) is 82.4 cm³/mol. The number of anilines is 2. The van der Waals surface area contributed by atoms with Crippen molar-refractivity contribution in [2.75, 3.05) is 17.2 Å². The number of nitrogens with one attached hydrogen (secondary N) is 2. The lowest BCUT2D eigenvalue weighted by Gasteiger charge is -2.08. The van der Waals surface area contributed by atoms with Crippen LogP contribution in [0.2, 0.25) is 5.02 Å². The monoisotopic (exact) mass is 289 g/mol. The van der Waals surface area contributed by atoms with E-state index in [0.717, 1.165) is 13.0 Å². The summed E-state index contributed by atoms with van der Waals surface area (Å²) in [5.41, 5.74) is 1.14. The van der Waals surface area contributed by atoms with Crippen molar-refractivity contribution in [3.05, 3.63) is 53.2 Å². The van der Waals surface area contributed by atoms with E-state index in [9.17, 15) is 4.79 Å². The Labute approximate surface area is 123 Å². The molecule has 0 aliphatic rings. The summed E-state index contributed by atoms with van der Waals surface area (Å²) < 4.78 is 0. The Morgan fingerprint density at radius 3 is 2.85 bits per heavy atom. The zero-order valence-corrected chi connectivity index (χ0v) is 11.9. The van der Waals surface area contributed by atoms with Crippen LogP contribution in [0.25, 0.3) is 0 Å². The van der Waals surface area contributed by atoms with Gasteiger partial charge in [0.15, 0.2) is 0 Å². The summed E-state index contributed by atoms with van der Waals surface area (Å²) in [6.45, 7) is 2.89. The number of aromatic nitrogens is 1. The van der Waals surface area contributed by atoms with Crippen LogP contribution in [0.3, 0.4) is 0 Å². The summed E-state index contributed by atoms with van der Waals surface area (Å²) in [5, 5.41) is 6.44. The van der Waals surface area contributed by atoms with Crippen LogP contribution in [-0.4, -0.2) is 17.4 Å². The normalized spacial score (nSPS) is 10.1. The summed E-state index contributed by atoms with van der Waals surface area (Å²) in [6.07, 6.45) is 2.61. The van der Waals surface area contributed by atoms with Crippen molar-refractivity contribution in [1.82, 2.24) is 4.98 Å². The number of pyridine rings is 1. The van der Waals surface area contributed by atoms with Crippen molar-refractivity contribution in [1.29, 1.82) is 0 Å². The van der Waals surface area contributed by atoms with Crippen LogP contribution in [0, 0.1) is 0 Å². The fourth-order valence-electron chi connectivity index (χ4n) is 1.68. The van der Waals surface area contributed by atoms with E-state index in [1.54, 1.807) is 30.5 Å². The highest BCUT2D eigenvalue weighted by Gasteiger charge is 2.09. The number of nitrogens with zero attached hydrogens (tertiary/aromatic N) is 1. The molecule has 0 saturated heterocycles. The fourth-order valence-corrected chi connectivity index (χ4v) is 1.86. The standard InChI is InChI=1S/C15H16ClN3O/c1-2-8-17-14-10-11(7-9-18-14)15(20)19-13-6-4-3-5-12(13)16/h3-7,9-10H,2,8H2,1H3,(H,17,18)(H,19,20). The van der Waals surface area contributed by atoms with Gasteiger partial charge in [-0.05, 0) is 30.7 Å². The molecule has 5 heteroatoms. The van der Waals surface area contributed by atoms with Crippen molar-refractivity contribution < 1.29 is 4.79 Å². The van der Waals surface area contributed by atoms with Crippen LogP contribution < -0.4 is 10.6 Å². The first kappa shape index (κ1) is 14.3. The molecule has 2 aromatic rings. The summed E-state index contributed by atoms with van der Waals surface area (Å²) >= 11 is 6.02. The third kappa shape index (κ3) is 3.71. The molecule has 2 rings (SSSR count). The van der Waals surface area contributed by atoms with E-state index >= 15 is 0 Å². The fraction of sp³-hybridized carbons (Fsp3) is 0.200. The number of carbonyl (C=O) groups excluding carboxylic acids is 1. The molecule has 2 N–H and O–H groups in total. The summed E-state index contributed by atoms with van der Waals surface area (Å²) in [5.74, 6) is 0.485. The van der Waals surface area contributed by atoms with E-state index in [4.69, 9.17) is 11.6 Å². The second-order valence-electron chi connectivity index (χ2n) is 4.29. The molecule has 0 radical (unpaired) electrons. The SMILES string of the molecule is CCCNc1cc(C(=O)Nc2ccccc2Cl)ccn1. The molecule has 1 amide bonds. The smallest absolute Gasteiger partial charge is 0.255 e. The molecule has 1 aromatic heterocycles. The number of benzene rings is 1. The topological polar surface area (TPSA) is 54.0 Å². The Morgan fingerprint density at radius 1 is 1.30 bits per heavy atom. The molecular weight excluding hydrogens is 274 g/mol. The molecule has 1 heterocycles. The van der Waals surface area contributed by atoms with E-state index in [-0.39, 0.29) is 5.91 Å². The lowest BCUT2D eigenvalue weighted by atomic mass is 10.2. The van der Waals surface area contributed by atoms with Gasteiger partial charge in [-0.3, -0.25) is 4.79 Å². The van der Waals surface area contributed by atoms with Crippen molar-refractivity contribution >= 4 is 29.0 Å². The third-order valence-corrected chi connectivity index (χ3v) is 3.03. The Balaban J connectivity index is 2.11. The predicted octanol–water partition coefficient (Wildman–Crippen LogP) is 3.81. The van der Waals surface area contributed by atoms with Crippen LogP contribution >= 0.6 is 11.6 Å². The number of para-hydroxylation sites is 1. The molecular formula is C15H16ClN3O. The minimum absolute atomic E-state index is 0.208. The van der Waals surface area contributed by atoms with Gasteiger partial charge in [-0.2, -0.15) is 0 Å². The summed E-state index contributed by atoms with van der Waals surface area (Å²) in [6, 6.07) is 10.5. The van der Waals surface area contributed by atoms with Crippen molar-refractivity contribution in [2.24, 2.45) is 0 Å². The molecule has 20 heavy (non-hydrogen) atoms. The van der Waals surface area contributed by atoms with Crippen LogP contribution in [0.5, 0.6) is 0 Å². The number of hydrogen-bond acceptors (Lipinski definition) is 3. The molecule has 1 aromatic carbocycles. The van der Waals surface area contributed by atoms with Gasteiger partial charge < -0.3 is 10.6 Å². The molecule has 0 saturated carbocycles. The zero-order chi connectivity index (χ0) is 14.4. The highest BCUT2D eigenvalue weighted by Crippen LogP contribution is 2.21. The van der Waals surface area contributed by atoms with E-state index in [0.29, 0.717) is 22.1 Å². The maximum Gasteiger partial charge on any atom is 0.255 e. The Hall–Kier alpha value is -2.07. The van der Waals surface area contributed by atoms with Crippen molar-refractivity contribution in [2.45, 2.75) is 13.3 Å². The van der Waals surface area contributed by atoms with Gasteiger partial charge in [-0.15, -0.1) is 0 Å². The minimum atomic E-state index is -0.208. The Kier molecular flexibility index (Phi) is 4.96. The van der Waals surface area contributed by atoms with Crippen LogP contribution in [0.15, 0.2) is 42.6 Å². The molecule has 0 unspecified atom stereocenters. The van der Waals surface area contributed by atoms with Gasteiger partial charge in [0, 0.05) is 18.3 Å². The van der Waals surface area contributed by atoms with E-state index in [2.05, 4.69) is 22.5 Å². The van der Waals surface area contributed by atoms with Gasteiger partial charge in [-0.1, -0.05) is 30.7 Å². The van der Waals surface area contributed by atoms with Gasteiger partial charge in [0.2, 0.25) is 0 Å². The van der Waals surface area contributed by atoms with Gasteiger partial charge in [0.05, 0.1) is 10.7 Å². The molecule has 0 aliphatic heterocycles. The van der Waals surface area contributed by atoms with Crippen molar-refractivity contribution in [3.8, 4) is 0 Å². The maximum absolute atomic E-state index is 12.2. The molecule has 0 fully saturated rings. The van der Waals surface area contributed by atoms with E-state index in [1.165, 1.54) is 0 Å². The summed E-state index contributed by atoms with van der Waals surface area (Å²) in [7, 11) is 0. The quantitative estimate of drug-likeness (QED) is 0.880. The molecule has 4 nitrogen and oxygen atoms in total. The van der Waals surface area contributed by atoms with Crippen LogP contribution in [-0.2, 0) is 0 Å². The minimum Gasteiger partial charge on any atom is -0.370 e. The largest absolute Gasteiger partial charge is 0.370 e. The molecule has 104 valence electrons. The van der Waals surface area contributed by atoms with Crippen LogP contribution in [0.1, 0.15) is 23.7 Å². The van der Waals surface area contributed by atoms with Gasteiger partial charge in [0.1, 0.15) is 5.82 Å². The second kappa shape index (κ2) is 6.91. The van der Waals surface area contributed by atoms with E-state index in [1.807, 2.05) is 12.1 Å². The average molecular weight is 290 g/mol. The van der Waals surface area contributed by atoms with Gasteiger partial charge in [0.25, 0.3) is 5.91 Å². The van der Waals surface area contributed by atoms with Gasteiger partial charge in [-0.25, -0.2) is 4.98 Å². The molecule has 0 bridgehead atoms. The second-order valence-corrected chi connectivity index (χ2v) is 4.70. The summed E-state index contributed by atoms with van der Waals surface area (Å²) in [4.78, 5) is 16.3. The first-order valence-electron chi connectivity index (χ1n) is 6.46. The number of carbonyl (C=O) groups is 1.